The molecule has 3 amide bonds. The van der Waals surface area contributed by atoms with Crippen LogP contribution < -0.4 is 4.90 Å². The molecule has 7 heteroatoms. The first-order valence-corrected chi connectivity index (χ1v) is 8.88. The zero-order chi connectivity index (χ0) is 20.9. The van der Waals surface area contributed by atoms with E-state index < -0.39 is 24.5 Å². The third kappa shape index (κ3) is 3.28. The molecule has 1 atom stereocenters. The molecule has 0 aliphatic carbocycles. The largest absolute Gasteiger partial charge is 0.332 e. The summed E-state index contributed by atoms with van der Waals surface area (Å²) >= 11 is 15.3. The van der Waals surface area contributed by atoms with Crippen LogP contribution in [0, 0.1) is 0 Å². The number of hydrogen-bond acceptors (Lipinski definition) is 2. The van der Waals surface area contributed by atoms with Crippen molar-refractivity contribution >= 4 is 56.8 Å². The molecule has 1 aliphatic heterocycles. The van der Waals surface area contributed by atoms with Crippen LogP contribution in [0.25, 0.3) is 0 Å². The summed E-state index contributed by atoms with van der Waals surface area (Å²) in [5, 5.41) is 0.454. The zero-order valence-electron chi connectivity index (χ0n) is 16.1. The molecule has 2 aromatic carbocycles. The van der Waals surface area contributed by atoms with Crippen molar-refractivity contribution in [2.45, 2.75) is 18.9 Å². The molecule has 1 aliphatic rings. The van der Waals surface area contributed by atoms with E-state index in [0.29, 0.717) is 10.5 Å². The topological polar surface area (TPSA) is 40.6 Å². The quantitative estimate of drug-likeness (QED) is 0.613. The Kier molecular flexibility index (Phi) is 3.87. The van der Waals surface area contributed by atoms with Crippen LogP contribution in [0.3, 0.4) is 0 Å². The SMILES string of the molecule is [2H]C([2H])([2H])N1C(=O)N(c2cc(Cl)cc(Cl)c2)C(=O)[C@@]1(C)Cc1ccc(Br)cc1. The Labute approximate surface area is 168 Å². The van der Waals surface area contributed by atoms with Crippen LogP contribution in [-0.4, -0.2) is 29.4 Å². The van der Waals surface area contributed by atoms with Crippen LogP contribution >= 0.6 is 39.1 Å². The minimum absolute atomic E-state index is 0.0358. The summed E-state index contributed by atoms with van der Waals surface area (Å²) in [6, 6.07) is 10.4. The van der Waals surface area contributed by atoms with Gasteiger partial charge in [-0.25, -0.2) is 9.69 Å². The van der Waals surface area contributed by atoms with E-state index in [1.165, 1.54) is 25.1 Å². The van der Waals surface area contributed by atoms with Gasteiger partial charge in [0.05, 0.1) is 5.69 Å². The van der Waals surface area contributed by atoms with E-state index in [-0.39, 0.29) is 22.2 Å². The highest BCUT2D eigenvalue weighted by molar-refractivity contribution is 9.10. The zero-order valence-corrected chi connectivity index (χ0v) is 16.2. The van der Waals surface area contributed by atoms with Gasteiger partial charge in [-0.3, -0.25) is 4.79 Å². The van der Waals surface area contributed by atoms with Crippen molar-refractivity contribution in [3.63, 3.8) is 0 Å². The maximum absolute atomic E-state index is 13.3. The lowest BCUT2D eigenvalue weighted by Gasteiger charge is -2.28. The van der Waals surface area contributed by atoms with Gasteiger partial charge in [0.25, 0.3) is 5.91 Å². The molecule has 4 nitrogen and oxygen atoms in total. The number of urea groups is 1. The lowest BCUT2D eigenvalue weighted by molar-refractivity contribution is -0.123. The molecule has 1 heterocycles. The second-order valence-corrected chi connectivity index (χ2v) is 7.75. The first-order valence-electron chi connectivity index (χ1n) is 8.83. The van der Waals surface area contributed by atoms with Crippen molar-refractivity contribution in [2.24, 2.45) is 0 Å². The van der Waals surface area contributed by atoms with Gasteiger partial charge in [-0.05, 0) is 42.8 Å². The molecule has 0 unspecified atom stereocenters. The Morgan fingerprint density at radius 3 is 2.28 bits per heavy atom. The summed E-state index contributed by atoms with van der Waals surface area (Å²) in [5.74, 6) is -0.658. The highest BCUT2D eigenvalue weighted by Gasteiger charge is 2.53. The molecule has 1 fully saturated rings. The van der Waals surface area contributed by atoms with E-state index in [4.69, 9.17) is 27.3 Å². The third-order valence-corrected chi connectivity index (χ3v) is 5.07. The van der Waals surface area contributed by atoms with Crippen LogP contribution in [0.4, 0.5) is 10.5 Å². The number of rotatable bonds is 3. The minimum Gasteiger partial charge on any atom is -0.312 e. The van der Waals surface area contributed by atoms with Gasteiger partial charge in [-0.1, -0.05) is 51.3 Å². The van der Waals surface area contributed by atoms with Gasteiger partial charge >= 0.3 is 6.03 Å². The van der Waals surface area contributed by atoms with Crippen LogP contribution in [0.2, 0.25) is 10.0 Å². The van der Waals surface area contributed by atoms with Crippen molar-refractivity contribution in [1.29, 1.82) is 0 Å². The number of hydrogen-bond donors (Lipinski definition) is 0. The molecule has 0 bridgehead atoms. The van der Waals surface area contributed by atoms with Gasteiger partial charge in [0.15, 0.2) is 0 Å². The molecule has 3 rings (SSSR count). The normalized spacial score (nSPS) is 22.8. The predicted octanol–water partition coefficient (Wildman–Crippen LogP) is 5.16. The number of amides is 3. The number of benzene rings is 2. The number of imide groups is 1. The average molecular weight is 445 g/mol. The second kappa shape index (κ2) is 6.63. The molecule has 0 aromatic heterocycles. The van der Waals surface area contributed by atoms with E-state index in [2.05, 4.69) is 15.9 Å². The van der Waals surface area contributed by atoms with Gasteiger partial charge in [-0.15, -0.1) is 0 Å². The Balaban J connectivity index is 2.10. The summed E-state index contributed by atoms with van der Waals surface area (Å²) in [4.78, 5) is 27.8. The van der Waals surface area contributed by atoms with E-state index in [0.717, 1.165) is 9.37 Å². The number of carbonyl (C=O) groups is 2. The summed E-state index contributed by atoms with van der Waals surface area (Å²) in [6.07, 6.45) is 0.0358. The second-order valence-electron chi connectivity index (χ2n) is 5.96. The Bertz CT molecular complexity index is 933. The van der Waals surface area contributed by atoms with Gasteiger partial charge < -0.3 is 4.90 Å². The molecular formula is C18H15BrCl2N2O2. The molecule has 0 saturated carbocycles. The summed E-state index contributed by atoms with van der Waals surface area (Å²) in [7, 11) is 0. The van der Waals surface area contributed by atoms with Crippen LogP contribution in [0.1, 0.15) is 16.6 Å². The lowest BCUT2D eigenvalue weighted by atomic mass is 9.91. The highest BCUT2D eigenvalue weighted by Crippen LogP contribution is 2.35. The molecule has 0 N–H and O–H groups in total. The summed E-state index contributed by atoms with van der Waals surface area (Å²) in [5.41, 5.74) is -0.765. The van der Waals surface area contributed by atoms with Crippen molar-refractivity contribution in [1.82, 2.24) is 4.90 Å². The molecular weight excluding hydrogens is 427 g/mol. The first kappa shape index (κ1) is 14.6. The van der Waals surface area contributed by atoms with Gasteiger partial charge in [0, 0.05) is 32.0 Å². The van der Waals surface area contributed by atoms with Crippen molar-refractivity contribution < 1.29 is 13.7 Å². The Hall–Kier alpha value is -1.56. The Morgan fingerprint density at radius 1 is 1.12 bits per heavy atom. The van der Waals surface area contributed by atoms with E-state index in [9.17, 15) is 9.59 Å². The van der Waals surface area contributed by atoms with Gasteiger partial charge in [0.2, 0.25) is 0 Å². The molecule has 0 radical (unpaired) electrons. The monoisotopic (exact) mass is 443 g/mol. The fraction of sp³-hybridized carbons (Fsp3) is 0.222. The number of anilines is 1. The highest BCUT2D eigenvalue weighted by atomic mass is 79.9. The van der Waals surface area contributed by atoms with Crippen LogP contribution in [0.5, 0.6) is 0 Å². The number of halogens is 3. The van der Waals surface area contributed by atoms with Gasteiger partial charge in [-0.2, -0.15) is 0 Å². The summed E-state index contributed by atoms with van der Waals surface area (Å²) < 4.78 is 24.4. The molecule has 1 saturated heterocycles. The minimum atomic E-state index is -2.81. The maximum Gasteiger partial charge on any atom is 0.332 e. The van der Waals surface area contributed by atoms with E-state index in [1.807, 2.05) is 0 Å². The van der Waals surface area contributed by atoms with Crippen molar-refractivity contribution in [3.05, 3.63) is 62.5 Å². The molecule has 2 aromatic rings. The summed E-state index contributed by atoms with van der Waals surface area (Å²) in [6.45, 7) is -1.36. The fourth-order valence-electron chi connectivity index (χ4n) is 2.78. The van der Waals surface area contributed by atoms with E-state index >= 15 is 0 Å². The van der Waals surface area contributed by atoms with E-state index in [1.54, 1.807) is 24.3 Å². The Morgan fingerprint density at radius 2 is 1.72 bits per heavy atom. The number of carbonyl (C=O) groups excluding carboxylic acids is 2. The fourth-order valence-corrected chi connectivity index (χ4v) is 3.56. The average Bonchev–Trinajstić information content (AvgIpc) is 2.74. The maximum atomic E-state index is 13.3. The smallest absolute Gasteiger partial charge is 0.312 e. The first-order chi connectivity index (χ1) is 12.9. The standard InChI is InChI=1S/C18H15BrCl2N2O2/c1-18(10-11-3-5-12(19)6-4-11)16(24)23(17(25)22(18)2)15-8-13(20)7-14(21)9-15/h3-9H,10H2,1-2H3/t18-/m1/s1/i2D3. The van der Waals surface area contributed by atoms with Crippen molar-refractivity contribution in [2.75, 3.05) is 11.9 Å². The molecule has 25 heavy (non-hydrogen) atoms. The number of likely N-dealkylation sites (N-methyl/N-ethyl adjacent to an activating group) is 1. The predicted molar refractivity (Wildman–Crippen MR) is 103 cm³/mol. The number of nitrogens with zero attached hydrogens (tertiary/aromatic N) is 2. The van der Waals surface area contributed by atoms with Gasteiger partial charge in [0.1, 0.15) is 5.54 Å². The molecule has 0 spiro atoms. The molecule has 130 valence electrons. The lowest BCUT2D eigenvalue weighted by Crippen LogP contribution is -2.47. The third-order valence-electron chi connectivity index (χ3n) is 4.11. The van der Waals surface area contributed by atoms with Crippen molar-refractivity contribution in [3.8, 4) is 0 Å². The van der Waals surface area contributed by atoms with Crippen LogP contribution in [-0.2, 0) is 11.2 Å². The van der Waals surface area contributed by atoms with Crippen LogP contribution in [0.15, 0.2) is 46.9 Å².